The topological polar surface area (TPSA) is 61.4 Å². The van der Waals surface area contributed by atoms with Gasteiger partial charge in [-0.2, -0.15) is 0 Å². The van der Waals surface area contributed by atoms with Crippen LogP contribution in [-0.4, -0.2) is 42.9 Å². The average molecular weight is 366 g/mol. The largest absolute Gasteiger partial charge is 0.349 e. The Morgan fingerprint density at radius 3 is 2.48 bits per heavy atom. The zero-order chi connectivity index (χ0) is 17.1. The molecule has 2 aliphatic rings. The van der Waals surface area contributed by atoms with E-state index in [-0.39, 0.29) is 30.3 Å². The standard InChI is InChI=1S/C19H27N3O2.ClH/c1-22(2)18(23)11-13-7-9-15(10-8-13)20-19(24)17-12-14-5-3-4-6-16(14)21-17;/h7-10,14,16-17,21H,3-6,11-12H2,1-2H3,(H,20,24);1H. The van der Waals surface area contributed by atoms with E-state index in [0.29, 0.717) is 18.4 Å². The quantitative estimate of drug-likeness (QED) is 0.862. The van der Waals surface area contributed by atoms with Gasteiger partial charge in [0.05, 0.1) is 12.5 Å². The summed E-state index contributed by atoms with van der Waals surface area (Å²) in [5, 5.41) is 6.50. The molecule has 2 N–H and O–H groups in total. The van der Waals surface area contributed by atoms with Crippen molar-refractivity contribution in [1.82, 2.24) is 10.2 Å². The van der Waals surface area contributed by atoms with E-state index in [9.17, 15) is 9.59 Å². The lowest BCUT2D eigenvalue weighted by Gasteiger charge is -2.24. The number of benzene rings is 1. The predicted molar refractivity (Wildman–Crippen MR) is 102 cm³/mol. The summed E-state index contributed by atoms with van der Waals surface area (Å²) in [6, 6.07) is 8.00. The number of nitrogens with zero attached hydrogens (tertiary/aromatic N) is 1. The molecule has 2 fully saturated rings. The number of halogens is 1. The summed E-state index contributed by atoms with van der Waals surface area (Å²) >= 11 is 0. The second-order valence-corrected chi connectivity index (χ2v) is 7.26. The number of hydrogen-bond donors (Lipinski definition) is 2. The van der Waals surface area contributed by atoms with E-state index in [1.54, 1.807) is 19.0 Å². The second-order valence-electron chi connectivity index (χ2n) is 7.26. The SMILES string of the molecule is CN(C)C(=O)Cc1ccc(NC(=O)C2CC3CCCCC3N2)cc1.Cl. The molecule has 0 bridgehead atoms. The first-order valence-corrected chi connectivity index (χ1v) is 8.89. The maximum atomic E-state index is 12.5. The number of fused-ring (bicyclic) bond motifs is 1. The molecule has 1 aromatic carbocycles. The van der Waals surface area contributed by atoms with Gasteiger partial charge in [0.1, 0.15) is 0 Å². The van der Waals surface area contributed by atoms with Crippen LogP contribution in [0, 0.1) is 5.92 Å². The van der Waals surface area contributed by atoms with Gasteiger partial charge in [-0.05, 0) is 42.9 Å². The van der Waals surface area contributed by atoms with Gasteiger partial charge in [0.15, 0.2) is 0 Å². The van der Waals surface area contributed by atoms with Crippen LogP contribution in [0.25, 0.3) is 0 Å². The van der Waals surface area contributed by atoms with E-state index < -0.39 is 0 Å². The van der Waals surface area contributed by atoms with Crippen molar-refractivity contribution < 1.29 is 9.59 Å². The van der Waals surface area contributed by atoms with Gasteiger partial charge in [0.25, 0.3) is 0 Å². The third-order valence-corrected chi connectivity index (χ3v) is 5.25. The number of carbonyl (C=O) groups is 2. The van der Waals surface area contributed by atoms with Crippen molar-refractivity contribution in [3.05, 3.63) is 29.8 Å². The molecule has 1 saturated heterocycles. The Labute approximate surface area is 155 Å². The molecule has 1 aromatic rings. The van der Waals surface area contributed by atoms with Gasteiger partial charge in [-0.15, -0.1) is 12.4 Å². The Morgan fingerprint density at radius 1 is 1.16 bits per heavy atom. The number of anilines is 1. The van der Waals surface area contributed by atoms with Crippen molar-refractivity contribution in [2.75, 3.05) is 19.4 Å². The van der Waals surface area contributed by atoms with Crippen LogP contribution in [-0.2, 0) is 16.0 Å². The van der Waals surface area contributed by atoms with Gasteiger partial charge in [-0.1, -0.05) is 25.0 Å². The van der Waals surface area contributed by atoms with E-state index in [1.807, 2.05) is 24.3 Å². The van der Waals surface area contributed by atoms with Crippen LogP contribution in [0.4, 0.5) is 5.69 Å². The van der Waals surface area contributed by atoms with Gasteiger partial charge in [-0.3, -0.25) is 9.59 Å². The van der Waals surface area contributed by atoms with Gasteiger partial charge >= 0.3 is 0 Å². The van der Waals surface area contributed by atoms with Crippen LogP contribution in [0.15, 0.2) is 24.3 Å². The normalized spacial score (nSPS) is 24.8. The number of amides is 2. The maximum absolute atomic E-state index is 12.5. The van der Waals surface area contributed by atoms with E-state index in [2.05, 4.69) is 10.6 Å². The van der Waals surface area contributed by atoms with Crippen LogP contribution in [0.3, 0.4) is 0 Å². The van der Waals surface area contributed by atoms with Crippen molar-refractivity contribution in [2.24, 2.45) is 5.92 Å². The van der Waals surface area contributed by atoms with Crippen molar-refractivity contribution in [3.8, 4) is 0 Å². The van der Waals surface area contributed by atoms with Crippen LogP contribution in [0.2, 0.25) is 0 Å². The predicted octanol–water partition coefficient (Wildman–Crippen LogP) is 2.60. The molecular weight excluding hydrogens is 338 g/mol. The molecule has 1 aliphatic heterocycles. The second kappa shape index (κ2) is 8.68. The fourth-order valence-electron chi connectivity index (χ4n) is 3.79. The summed E-state index contributed by atoms with van der Waals surface area (Å²) in [5.41, 5.74) is 1.74. The van der Waals surface area contributed by atoms with Gasteiger partial charge < -0.3 is 15.5 Å². The third kappa shape index (κ3) is 4.95. The molecule has 0 aromatic heterocycles. The molecule has 0 spiro atoms. The molecule has 1 saturated carbocycles. The highest BCUT2D eigenvalue weighted by molar-refractivity contribution is 5.95. The minimum absolute atomic E-state index is 0. The minimum Gasteiger partial charge on any atom is -0.349 e. The van der Waals surface area contributed by atoms with Gasteiger partial charge in [-0.25, -0.2) is 0 Å². The third-order valence-electron chi connectivity index (χ3n) is 5.25. The highest BCUT2D eigenvalue weighted by atomic mass is 35.5. The molecule has 1 heterocycles. The van der Waals surface area contributed by atoms with Crippen molar-refractivity contribution in [3.63, 3.8) is 0 Å². The summed E-state index contributed by atoms with van der Waals surface area (Å²) in [4.78, 5) is 25.8. The zero-order valence-corrected chi connectivity index (χ0v) is 15.8. The first kappa shape index (κ1) is 19.7. The molecule has 1 aliphatic carbocycles. The van der Waals surface area contributed by atoms with E-state index >= 15 is 0 Å². The summed E-state index contributed by atoms with van der Waals surface area (Å²) in [7, 11) is 3.51. The Morgan fingerprint density at radius 2 is 1.84 bits per heavy atom. The lowest BCUT2D eigenvalue weighted by atomic mass is 9.85. The fourth-order valence-corrected chi connectivity index (χ4v) is 3.79. The number of nitrogens with one attached hydrogen (secondary N) is 2. The molecule has 2 amide bonds. The average Bonchev–Trinajstić information content (AvgIpc) is 3.00. The molecule has 3 atom stereocenters. The molecular formula is C19H28ClN3O2. The fraction of sp³-hybridized carbons (Fsp3) is 0.579. The van der Waals surface area contributed by atoms with E-state index in [4.69, 9.17) is 0 Å². The van der Waals surface area contributed by atoms with Crippen molar-refractivity contribution >= 4 is 29.9 Å². The zero-order valence-electron chi connectivity index (χ0n) is 15.0. The molecule has 3 rings (SSSR count). The lowest BCUT2D eigenvalue weighted by molar-refractivity contribution is -0.128. The molecule has 5 nitrogen and oxygen atoms in total. The van der Waals surface area contributed by atoms with Crippen LogP contribution >= 0.6 is 12.4 Å². The van der Waals surface area contributed by atoms with Gasteiger partial charge in [0.2, 0.25) is 11.8 Å². The van der Waals surface area contributed by atoms with Crippen LogP contribution in [0.5, 0.6) is 0 Å². The summed E-state index contributed by atoms with van der Waals surface area (Å²) in [6.45, 7) is 0. The molecule has 138 valence electrons. The van der Waals surface area contributed by atoms with Crippen LogP contribution < -0.4 is 10.6 Å². The highest BCUT2D eigenvalue weighted by Gasteiger charge is 2.38. The Bertz CT molecular complexity index is 589. The Kier molecular flexibility index (Phi) is 6.85. The first-order chi connectivity index (χ1) is 11.5. The Balaban J connectivity index is 0.00000225. The van der Waals surface area contributed by atoms with Crippen molar-refractivity contribution in [1.29, 1.82) is 0 Å². The van der Waals surface area contributed by atoms with Crippen molar-refractivity contribution in [2.45, 2.75) is 50.6 Å². The Hall–Kier alpha value is -1.59. The molecule has 25 heavy (non-hydrogen) atoms. The lowest BCUT2D eigenvalue weighted by Crippen LogP contribution is -2.39. The number of carbonyl (C=O) groups excluding carboxylic acids is 2. The summed E-state index contributed by atoms with van der Waals surface area (Å²) in [6.07, 6.45) is 6.35. The number of likely N-dealkylation sites (N-methyl/N-ethyl adjacent to an activating group) is 1. The summed E-state index contributed by atoms with van der Waals surface area (Å²) in [5.74, 6) is 0.792. The minimum atomic E-state index is -0.0758. The van der Waals surface area contributed by atoms with E-state index in [1.165, 1.54) is 25.7 Å². The number of rotatable bonds is 4. The molecule has 6 heteroatoms. The highest BCUT2D eigenvalue weighted by Crippen LogP contribution is 2.33. The molecule has 3 unspecified atom stereocenters. The number of hydrogen-bond acceptors (Lipinski definition) is 3. The monoisotopic (exact) mass is 365 g/mol. The maximum Gasteiger partial charge on any atom is 0.241 e. The van der Waals surface area contributed by atoms with Gasteiger partial charge in [0, 0.05) is 25.8 Å². The smallest absolute Gasteiger partial charge is 0.241 e. The van der Waals surface area contributed by atoms with Crippen LogP contribution in [0.1, 0.15) is 37.7 Å². The summed E-state index contributed by atoms with van der Waals surface area (Å²) < 4.78 is 0. The first-order valence-electron chi connectivity index (χ1n) is 8.89. The molecule has 0 radical (unpaired) electrons. The van der Waals surface area contributed by atoms with E-state index in [0.717, 1.165) is 17.7 Å².